The maximum atomic E-state index is 14.0. The smallest absolute Gasteiger partial charge is 0.416 e. The van der Waals surface area contributed by atoms with Gasteiger partial charge < -0.3 is 15.0 Å². The molecule has 0 radical (unpaired) electrons. The van der Waals surface area contributed by atoms with Crippen LogP contribution in [0.3, 0.4) is 0 Å². The van der Waals surface area contributed by atoms with Crippen LogP contribution in [0.4, 0.5) is 23.4 Å². The minimum absolute atomic E-state index is 0.162. The average molecular weight is 430 g/mol. The van der Waals surface area contributed by atoms with E-state index in [0.717, 1.165) is 28.6 Å². The van der Waals surface area contributed by atoms with E-state index in [4.69, 9.17) is 4.74 Å². The maximum absolute atomic E-state index is 14.0. The van der Waals surface area contributed by atoms with E-state index in [1.165, 1.54) is 7.11 Å². The van der Waals surface area contributed by atoms with Crippen molar-refractivity contribution in [1.82, 2.24) is 15.0 Å². The molecule has 0 saturated heterocycles. The lowest BCUT2D eigenvalue weighted by molar-refractivity contribution is -0.137. The highest BCUT2D eigenvalue weighted by atomic mass is 19.4. The van der Waals surface area contributed by atoms with Gasteiger partial charge in [-0.1, -0.05) is 12.1 Å². The number of hydrogen-bond donors (Lipinski definition) is 2. The predicted molar refractivity (Wildman–Crippen MR) is 109 cm³/mol. The number of ether oxygens (including phenoxy) is 1. The van der Waals surface area contributed by atoms with Gasteiger partial charge in [-0.3, -0.25) is 0 Å². The van der Waals surface area contributed by atoms with Crippen LogP contribution in [0.25, 0.3) is 22.2 Å². The molecule has 5 nitrogen and oxygen atoms in total. The van der Waals surface area contributed by atoms with E-state index in [-0.39, 0.29) is 24.5 Å². The summed E-state index contributed by atoms with van der Waals surface area (Å²) < 4.78 is 57.3. The van der Waals surface area contributed by atoms with Gasteiger partial charge in [0.25, 0.3) is 0 Å². The highest BCUT2D eigenvalue weighted by Gasteiger charge is 2.31. The first-order valence-corrected chi connectivity index (χ1v) is 9.43. The van der Waals surface area contributed by atoms with E-state index in [9.17, 15) is 17.6 Å². The molecule has 2 heterocycles. The van der Waals surface area contributed by atoms with Gasteiger partial charge in [0.2, 0.25) is 0 Å². The van der Waals surface area contributed by atoms with Gasteiger partial charge >= 0.3 is 12.2 Å². The van der Waals surface area contributed by atoms with Gasteiger partial charge in [-0.2, -0.15) is 23.1 Å². The number of nitrogens with zero attached hydrogens (tertiary/aromatic N) is 2. The SMILES string of the molecule is COc1nc(NCCc2ccc(C(F)(F)F)cc2F)cc(-c2ccc3[nH]ccc3c2)n1. The molecule has 0 amide bonds. The Hall–Kier alpha value is -3.62. The zero-order chi connectivity index (χ0) is 22.0. The van der Waals surface area contributed by atoms with Gasteiger partial charge in [0.05, 0.1) is 18.4 Å². The Morgan fingerprint density at radius 3 is 2.61 bits per heavy atom. The van der Waals surface area contributed by atoms with Crippen LogP contribution in [0.5, 0.6) is 6.01 Å². The number of rotatable bonds is 6. The van der Waals surface area contributed by atoms with Crippen LogP contribution in [0.15, 0.2) is 54.7 Å². The lowest BCUT2D eigenvalue weighted by Gasteiger charge is -2.11. The molecule has 0 atom stereocenters. The number of benzene rings is 2. The van der Waals surface area contributed by atoms with Crippen molar-refractivity contribution in [2.45, 2.75) is 12.6 Å². The summed E-state index contributed by atoms with van der Waals surface area (Å²) in [4.78, 5) is 11.7. The predicted octanol–water partition coefficient (Wildman–Crippen LogP) is 5.45. The van der Waals surface area contributed by atoms with Gasteiger partial charge in [-0.25, -0.2) is 4.39 Å². The molecular formula is C22H18F4N4O. The normalized spacial score (nSPS) is 11.6. The number of anilines is 1. The first-order chi connectivity index (χ1) is 14.8. The van der Waals surface area contributed by atoms with E-state index >= 15 is 0 Å². The second kappa shape index (κ2) is 8.25. The van der Waals surface area contributed by atoms with Crippen LogP contribution < -0.4 is 10.1 Å². The maximum Gasteiger partial charge on any atom is 0.416 e. The number of alkyl halides is 3. The molecular weight excluding hydrogens is 412 g/mol. The van der Waals surface area contributed by atoms with E-state index in [1.54, 1.807) is 6.07 Å². The van der Waals surface area contributed by atoms with Crippen molar-refractivity contribution in [1.29, 1.82) is 0 Å². The molecule has 4 aromatic rings. The molecule has 9 heteroatoms. The van der Waals surface area contributed by atoms with Gasteiger partial charge in [-0.05, 0) is 42.3 Å². The molecule has 31 heavy (non-hydrogen) atoms. The molecule has 4 rings (SSSR count). The van der Waals surface area contributed by atoms with Crippen LogP contribution in [-0.4, -0.2) is 28.6 Å². The Balaban J connectivity index is 1.50. The molecule has 0 unspecified atom stereocenters. The number of aromatic nitrogens is 3. The molecule has 0 aliphatic heterocycles. The number of H-pyrrole nitrogens is 1. The molecule has 0 spiro atoms. The topological polar surface area (TPSA) is 62.8 Å². The summed E-state index contributed by atoms with van der Waals surface area (Å²) in [6.07, 6.45) is -2.54. The number of fused-ring (bicyclic) bond motifs is 1. The van der Waals surface area contributed by atoms with E-state index in [2.05, 4.69) is 20.3 Å². The zero-order valence-corrected chi connectivity index (χ0v) is 16.4. The van der Waals surface area contributed by atoms with Crippen LogP contribution in [0.1, 0.15) is 11.1 Å². The number of aromatic amines is 1. The van der Waals surface area contributed by atoms with Gasteiger partial charge in [-0.15, -0.1) is 0 Å². The lowest BCUT2D eigenvalue weighted by atomic mass is 10.1. The van der Waals surface area contributed by atoms with E-state index in [0.29, 0.717) is 17.6 Å². The summed E-state index contributed by atoms with van der Waals surface area (Å²) in [5.74, 6) is -0.430. The Morgan fingerprint density at radius 2 is 1.87 bits per heavy atom. The summed E-state index contributed by atoms with van der Waals surface area (Å²) in [5, 5.41) is 4.09. The Kier molecular flexibility index (Phi) is 5.50. The number of halogens is 4. The minimum Gasteiger partial charge on any atom is -0.467 e. The fraction of sp³-hybridized carbons (Fsp3) is 0.182. The molecule has 0 bridgehead atoms. The Morgan fingerprint density at radius 1 is 1.03 bits per heavy atom. The van der Waals surface area contributed by atoms with Crippen molar-refractivity contribution in [3.63, 3.8) is 0 Å². The molecule has 0 aliphatic rings. The van der Waals surface area contributed by atoms with Crippen LogP contribution in [0.2, 0.25) is 0 Å². The summed E-state index contributed by atoms with van der Waals surface area (Å²) in [6, 6.07) is 12.2. The number of hydrogen-bond acceptors (Lipinski definition) is 4. The minimum atomic E-state index is -4.57. The second-order valence-corrected chi connectivity index (χ2v) is 6.89. The standard InChI is InChI=1S/C22H18F4N4O/c1-31-21-29-19(14-3-5-18-15(10-14)7-8-27-18)12-20(30-21)28-9-6-13-2-4-16(11-17(13)23)22(24,25)26/h2-5,7-8,10-12,27H,6,9H2,1H3,(H,28,29,30). The van der Waals surface area contributed by atoms with Gasteiger partial charge in [0, 0.05) is 35.3 Å². The summed E-state index contributed by atoms with van der Waals surface area (Å²) in [7, 11) is 1.45. The summed E-state index contributed by atoms with van der Waals surface area (Å²) in [5.41, 5.74) is 1.68. The van der Waals surface area contributed by atoms with Crippen molar-refractivity contribution in [2.75, 3.05) is 19.0 Å². The fourth-order valence-corrected chi connectivity index (χ4v) is 3.22. The van der Waals surface area contributed by atoms with Crippen molar-refractivity contribution < 1.29 is 22.3 Å². The van der Waals surface area contributed by atoms with Gasteiger partial charge in [0.15, 0.2) is 0 Å². The number of nitrogens with one attached hydrogen (secondary N) is 2. The van der Waals surface area contributed by atoms with E-state index in [1.807, 2.05) is 30.5 Å². The first kappa shape index (κ1) is 20.6. The lowest BCUT2D eigenvalue weighted by Crippen LogP contribution is -2.10. The third-order valence-electron chi connectivity index (χ3n) is 4.82. The third kappa shape index (κ3) is 4.60. The second-order valence-electron chi connectivity index (χ2n) is 6.89. The van der Waals surface area contributed by atoms with Gasteiger partial charge in [0.1, 0.15) is 11.6 Å². The molecule has 0 saturated carbocycles. The summed E-state index contributed by atoms with van der Waals surface area (Å²) >= 11 is 0. The molecule has 2 aromatic heterocycles. The molecule has 0 fully saturated rings. The van der Waals surface area contributed by atoms with Crippen molar-refractivity contribution in [3.05, 3.63) is 71.7 Å². The van der Waals surface area contributed by atoms with Crippen LogP contribution in [-0.2, 0) is 12.6 Å². The quantitative estimate of drug-likeness (QED) is 0.400. The third-order valence-corrected chi connectivity index (χ3v) is 4.82. The van der Waals surface area contributed by atoms with Crippen molar-refractivity contribution in [3.8, 4) is 17.3 Å². The molecule has 2 N–H and O–H groups in total. The Bertz CT molecular complexity index is 1220. The summed E-state index contributed by atoms with van der Waals surface area (Å²) in [6.45, 7) is 0.263. The average Bonchev–Trinajstić information content (AvgIpc) is 3.22. The zero-order valence-electron chi connectivity index (χ0n) is 16.4. The number of methoxy groups -OCH3 is 1. The first-order valence-electron chi connectivity index (χ1n) is 9.43. The Labute approximate surface area is 175 Å². The van der Waals surface area contributed by atoms with E-state index < -0.39 is 17.6 Å². The largest absolute Gasteiger partial charge is 0.467 e. The fourth-order valence-electron chi connectivity index (χ4n) is 3.22. The molecule has 0 aliphatic carbocycles. The van der Waals surface area contributed by atoms with Crippen molar-refractivity contribution >= 4 is 16.7 Å². The molecule has 2 aromatic carbocycles. The highest BCUT2D eigenvalue weighted by Crippen LogP contribution is 2.30. The van der Waals surface area contributed by atoms with Crippen LogP contribution >= 0.6 is 0 Å². The molecule has 160 valence electrons. The van der Waals surface area contributed by atoms with Crippen molar-refractivity contribution in [2.24, 2.45) is 0 Å². The highest BCUT2D eigenvalue weighted by molar-refractivity contribution is 5.84. The monoisotopic (exact) mass is 430 g/mol. The van der Waals surface area contributed by atoms with Crippen LogP contribution in [0, 0.1) is 5.82 Å².